The maximum Gasteiger partial charge on any atom is 0.325 e. The molecule has 0 radical (unpaired) electrons. The summed E-state index contributed by atoms with van der Waals surface area (Å²) in [5.74, 6) is 1.12. The highest BCUT2D eigenvalue weighted by Gasteiger charge is 2.51. The molecule has 1 N–H and O–H groups in total. The molecule has 0 bridgehead atoms. The molecule has 1 saturated heterocycles. The lowest BCUT2D eigenvalue weighted by Gasteiger charge is -2.25. The Morgan fingerprint density at radius 1 is 1.09 bits per heavy atom. The second-order valence-corrected chi connectivity index (χ2v) is 7.61. The number of carbonyl (C=O) groups excluding carboxylic acids is 2. The summed E-state index contributed by atoms with van der Waals surface area (Å²) in [5, 5.41) is 7.32. The molecule has 1 aliphatic heterocycles. The van der Waals surface area contributed by atoms with Crippen molar-refractivity contribution in [3.05, 3.63) is 58.9 Å². The Kier molecular flexibility index (Phi) is 5.75. The van der Waals surface area contributed by atoms with Crippen LogP contribution in [0.2, 0.25) is 5.02 Å². The molecular weight excluding hydrogens is 436 g/mol. The number of nitrogens with one attached hydrogen (secondary N) is 1. The third-order valence-corrected chi connectivity index (χ3v) is 5.70. The number of halogens is 1. The molecule has 1 aromatic heterocycles. The summed E-state index contributed by atoms with van der Waals surface area (Å²) in [5.41, 5.74) is 0.120. The van der Waals surface area contributed by atoms with Crippen LogP contribution in [0.1, 0.15) is 24.8 Å². The zero-order chi connectivity index (χ0) is 22.9. The third kappa shape index (κ3) is 3.64. The van der Waals surface area contributed by atoms with Crippen LogP contribution in [0.5, 0.6) is 11.5 Å². The number of carbonyl (C=O) groups is 2. The second-order valence-electron chi connectivity index (χ2n) is 7.17. The summed E-state index contributed by atoms with van der Waals surface area (Å²) < 4.78 is 15.8. The zero-order valence-corrected chi connectivity index (χ0v) is 18.5. The third-order valence-electron chi connectivity index (χ3n) is 5.45. The Bertz CT molecular complexity index is 1160. The predicted octanol–water partition coefficient (Wildman–Crippen LogP) is 3.76. The van der Waals surface area contributed by atoms with Gasteiger partial charge in [-0.2, -0.15) is 4.98 Å². The summed E-state index contributed by atoms with van der Waals surface area (Å²) in [6.07, 6.45) is 0.371. The van der Waals surface area contributed by atoms with Gasteiger partial charge in [0, 0.05) is 10.6 Å². The van der Waals surface area contributed by atoms with Crippen LogP contribution in [0.4, 0.5) is 4.79 Å². The van der Waals surface area contributed by atoms with E-state index in [0.717, 1.165) is 4.90 Å². The van der Waals surface area contributed by atoms with Gasteiger partial charge in [-0.25, -0.2) is 4.79 Å². The van der Waals surface area contributed by atoms with Gasteiger partial charge in [0.1, 0.15) is 12.1 Å². The maximum absolute atomic E-state index is 13.3. The lowest BCUT2D eigenvalue weighted by atomic mass is 9.87. The van der Waals surface area contributed by atoms with Crippen LogP contribution in [0, 0.1) is 0 Å². The van der Waals surface area contributed by atoms with Crippen LogP contribution in [0.3, 0.4) is 0 Å². The van der Waals surface area contributed by atoms with Crippen molar-refractivity contribution in [2.24, 2.45) is 0 Å². The largest absolute Gasteiger partial charge is 0.493 e. The topological polar surface area (TPSA) is 107 Å². The van der Waals surface area contributed by atoms with E-state index in [4.69, 9.17) is 25.6 Å². The van der Waals surface area contributed by atoms with E-state index in [2.05, 4.69) is 15.5 Å². The van der Waals surface area contributed by atoms with E-state index in [-0.39, 0.29) is 12.4 Å². The van der Waals surface area contributed by atoms with E-state index in [1.807, 2.05) is 6.92 Å². The number of amides is 3. The predicted molar refractivity (Wildman–Crippen MR) is 115 cm³/mol. The van der Waals surface area contributed by atoms with Crippen LogP contribution in [-0.2, 0) is 16.9 Å². The lowest BCUT2D eigenvalue weighted by molar-refractivity contribution is -0.132. The minimum atomic E-state index is -1.17. The molecule has 1 fully saturated rings. The van der Waals surface area contributed by atoms with Crippen molar-refractivity contribution >= 4 is 23.5 Å². The molecule has 2 heterocycles. The zero-order valence-electron chi connectivity index (χ0n) is 17.7. The van der Waals surface area contributed by atoms with E-state index < -0.39 is 17.5 Å². The number of hydrogen-bond acceptors (Lipinski definition) is 7. The van der Waals surface area contributed by atoms with Gasteiger partial charge in [0.15, 0.2) is 11.5 Å². The Morgan fingerprint density at radius 3 is 2.47 bits per heavy atom. The first kappa shape index (κ1) is 21.6. The van der Waals surface area contributed by atoms with Gasteiger partial charge in [-0.3, -0.25) is 9.69 Å². The molecular formula is C22H21ClN4O5. The Morgan fingerprint density at radius 2 is 1.81 bits per heavy atom. The smallest absolute Gasteiger partial charge is 0.325 e. The molecule has 3 amide bonds. The van der Waals surface area contributed by atoms with Crippen LogP contribution in [0.15, 0.2) is 47.0 Å². The number of hydrogen-bond donors (Lipinski definition) is 1. The monoisotopic (exact) mass is 456 g/mol. The Hall–Kier alpha value is -3.59. The fourth-order valence-corrected chi connectivity index (χ4v) is 3.82. The van der Waals surface area contributed by atoms with Crippen molar-refractivity contribution < 1.29 is 23.6 Å². The Balaban J connectivity index is 1.58. The lowest BCUT2D eigenvalue weighted by Crippen LogP contribution is -2.43. The highest BCUT2D eigenvalue weighted by molar-refractivity contribution is 6.30. The summed E-state index contributed by atoms with van der Waals surface area (Å²) >= 11 is 5.97. The molecule has 1 atom stereocenters. The normalized spacial score (nSPS) is 18.1. The van der Waals surface area contributed by atoms with Gasteiger partial charge in [0.25, 0.3) is 5.91 Å². The summed E-state index contributed by atoms with van der Waals surface area (Å²) in [6, 6.07) is 11.5. The summed E-state index contributed by atoms with van der Waals surface area (Å²) in [7, 11) is 3.07. The fraction of sp³-hybridized carbons (Fsp3) is 0.273. The van der Waals surface area contributed by atoms with Crippen molar-refractivity contribution in [1.82, 2.24) is 20.4 Å². The molecule has 2 aromatic carbocycles. The van der Waals surface area contributed by atoms with Crippen molar-refractivity contribution in [3.63, 3.8) is 0 Å². The fourth-order valence-electron chi connectivity index (χ4n) is 3.69. The first-order valence-electron chi connectivity index (χ1n) is 9.87. The number of aromatic nitrogens is 2. The van der Waals surface area contributed by atoms with Crippen LogP contribution < -0.4 is 14.8 Å². The van der Waals surface area contributed by atoms with E-state index >= 15 is 0 Å². The van der Waals surface area contributed by atoms with Crippen molar-refractivity contribution in [2.45, 2.75) is 25.4 Å². The van der Waals surface area contributed by atoms with Gasteiger partial charge in [-0.05, 0) is 42.3 Å². The number of benzene rings is 2. The van der Waals surface area contributed by atoms with Gasteiger partial charge in [-0.1, -0.05) is 35.8 Å². The van der Waals surface area contributed by atoms with E-state index in [0.29, 0.717) is 39.9 Å². The van der Waals surface area contributed by atoms with E-state index in [1.54, 1.807) is 49.6 Å². The van der Waals surface area contributed by atoms with Gasteiger partial charge < -0.3 is 19.3 Å². The minimum absolute atomic E-state index is 0.126. The number of nitrogens with zero attached hydrogens (tertiary/aromatic N) is 3. The number of imide groups is 1. The number of urea groups is 1. The molecule has 0 saturated carbocycles. The van der Waals surface area contributed by atoms with Crippen molar-refractivity contribution in [3.8, 4) is 22.9 Å². The van der Waals surface area contributed by atoms with Gasteiger partial charge >= 0.3 is 6.03 Å². The van der Waals surface area contributed by atoms with Gasteiger partial charge in [-0.15, -0.1) is 0 Å². The molecule has 10 heteroatoms. The first-order valence-corrected chi connectivity index (χ1v) is 10.2. The molecule has 4 rings (SSSR count). The number of rotatable bonds is 7. The van der Waals surface area contributed by atoms with Crippen molar-refractivity contribution in [1.29, 1.82) is 0 Å². The summed E-state index contributed by atoms with van der Waals surface area (Å²) in [4.78, 5) is 31.4. The SMILES string of the molecule is CCC1(c2ccc(Cl)cc2)NC(=O)N(Cc2nc(-c3ccc(OC)c(OC)c3)no2)C1=O. The number of methoxy groups -OCH3 is 2. The van der Waals surface area contributed by atoms with Crippen LogP contribution in [0.25, 0.3) is 11.4 Å². The first-order chi connectivity index (χ1) is 15.4. The average molecular weight is 457 g/mol. The van der Waals surface area contributed by atoms with E-state index in [1.165, 1.54) is 7.11 Å². The Labute approximate surface area is 189 Å². The molecule has 0 aliphatic carbocycles. The van der Waals surface area contributed by atoms with Gasteiger partial charge in [0.05, 0.1) is 14.2 Å². The summed E-state index contributed by atoms with van der Waals surface area (Å²) in [6.45, 7) is 1.68. The highest BCUT2D eigenvalue weighted by Crippen LogP contribution is 2.34. The highest BCUT2D eigenvalue weighted by atomic mass is 35.5. The van der Waals surface area contributed by atoms with Crippen molar-refractivity contribution in [2.75, 3.05) is 14.2 Å². The molecule has 166 valence electrons. The average Bonchev–Trinajstić information content (AvgIpc) is 3.38. The maximum atomic E-state index is 13.3. The standard InChI is InChI=1S/C22H21ClN4O5/c1-4-22(14-6-8-15(23)9-7-14)20(28)27(21(29)25-22)12-18-24-19(26-32-18)13-5-10-16(30-2)17(11-13)31-3/h5-11H,4,12H2,1-3H3,(H,25,29). The quantitative estimate of drug-likeness (QED) is 0.539. The second kappa shape index (κ2) is 8.51. The van der Waals surface area contributed by atoms with Crippen LogP contribution in [-0.4, -0.2) is 41.2 Å². The van der Waals surface area contributed by atoms with E-state index in [9.17, 15) is 9.59 Å². The van der Waals surface area contributed by atoms with Crippen LogP contribution >= 0.6 is 11.6 Å². The van der Waals surface area contributed by atoms with Gasteiger partial charge in [0.2, 0.25) is 11.7 Å². The minimum Gasteiger partial charge on any atom is -0.493 e. The molecule has 0 spiro atoms. The molecule has 1 aliphatic rings. The number of ether oxygens (including phenoxy) is 2. The molecule has 3 aromatic rings. The molecule has 32 heavy (non-hydrogen) atoms. The molecule has 9 nitrogen and oxygen atoms in total. The molecule has 1 unspecified atom stereocenters.